The summed E-state index contributed by atoms with van der Waals surface area (Å²) in [7, 11) is -2.63. The maximum atomic E-state index is 2.64. The molecule has 0 aromatic heterocycles. The molecule has 1 aliphatic carbocycles. The van der Waals surface area contributed by atoms with Gasteiger partial charge in [-0.15, -0.1) is 11.8 Å². The lowest BCUT2D eigenvalue weighted by molar-refractivity contribution is 0.383. The zero-order valence-electron chi connectivity index (χ0n) is 15.8. The highest BCUT2D eigenvalue weighted by molar-refractivity contribution is 8.03. The molecule has 1 aliphatic rings. The summed E-state index contributed by atoms with van der Waals surface area (Å²) in [6.07, 6.45) is 2.26. The van der Waals surface area contributed by atoms with Gasteiger partial charge in [0.15, 0.2) is 0 Å². The Labute approximate surface area is 139 Å². The monoisotopic (exact) mass is 341 g/mol. The second-order valence-electron chi connectivity index (χ2n) is 7.56. The summed E-state index contributed by atoms with van der Waals surface area (Å²) in [6, 6.07) is 0. The number of nitrogens with zero attached hydrogens (tertiary/aromatic N) is 1. The third kappa shape index (κ3) is 2.96. The maximum absolute atomic E-state index is 2.64. The van der Waals surface area contributed by atoms with Crippen molar-refractivity contribution in [2.45, 2.75) is 66.3 Å². The van der Waals surface area contributed by atoms with Gasteiger partial charge >= 0.3 is 0 Å². The summed E-state index contributed by atoms with van der Waals surface area (Å²) in [4.78, 5) is 4.21. The highest BCUT2D eigenvalue weighted by atomic mass is 32.2. The van der Waals surface area contributed by atoms with Crippen LogP contribution in [0.1, 0.15) is 34.6 Å². The first-order valence-corrected chi connectivity index (χ1v) is 16.6. The summed E-state index contributed by atoms with van der Waals surface area (Å²) in [6.45, 7) is 24.6. The van der Waals surface area contributed by atoms with Crippen LogP contribution in [0.4, 0.5) is 0 Å². The van der Waals surface area contributed by atoms with Gasteiger partial charge in [-0.25, -0.2) is 0 Å². The van der Waals surface area contributed by atoms with Crippen molar-refractivity contribution >= 4 is 26.9 Å². The molecule has 0 aliphatic heterocycles. The van der Waals surface area contributed by atoms with Crippen LogP contribution in [0.15, 0.2) is 21.4 Å². The van der Waals surface area contributed by atoms with Crippen LogP contribution in [0.25, 0.3) is 0 Å². The third-order valence-electron chi connectivity index (χ3n) is 6.12. The van der Waals surface area contributed by atoms with Gasteiger partial charge < -0.3 is 4.90 Å². The molecule has 21 heavy (non-hydrogen) atoms. The topological polar surface area (TPSA) is 3.24 Å². The number of allylic oxidation sites excluding steroid dienone is 2. The molecule has 0 saturated heterocycles. The molecule has 0 spiro atoms. The molecule has 0 atom stereocenters. The number of thioether (sulfide) groups is 1. The predicted molar refractivity (Wildman–Crippen MR) is 106 cm³/mol. The number of hydrogen-bond donors (Lipinski definition) is 0. The lowest BCUT2D eigenvalue weighted by Crippen LogP contribution is -2.60. The van der Waals surface area contributed by atoms with Gasteiger partial charge in [-0.2, -0.15) is 0 Å². The molecule has 0 N–H and O–H groups in total. The van der Waals surface area contributed by atoms with Crippen molar-refractivity contribution < 1.29 is 0 Å². The summed E-state index contributed by atoms with van der Waals surface area (Å²) >= 11 is 1.98. The quantitative estimate of drug-likeness (QED) is 0.548. The molecule has 0 radical (unpaired) electrons. The predicted octanol–water partition coefficient (Wildman–Crippen LogP) is 5.68. The maximum Gasteiger partial charge on any atom is 0.0783 e. The molecular weight excluding hydrogens is 306 g/mol. The van der Waals surface area contributed by atoms with Gasteiger partial charge in [0, 0.05) is 31.3 Å². The molecule has 0 fully saturated rings. The van der Waals surface area contributed by atoms with Gasteiger partial charge in [-0.05, 0) is 37.8 Å². The Hall–Kier alpha value is 0.0638. The summed E-state index contributed by atoms with van der Waals surface area (Å²) in [5, 5.41) is 1.79. The Balaban J connectivity index is 3.40. The van der Waals surface area contributed by atoms with Crippen molar-refractivity contribution in [1.82, 2.24) is 4.90 Å². The van der Waals surface area contributed by atoms with Crippen LogP contribution < -0.4 is 0 Å². The SMILES string of the molecule is CCN(CC)C1=C([Si](C)(C)[Si](C)(C)C(C)C)C(SC)=C1C. The van der Waals surface area contributed by atoms with Crippen LogP contribution in [0, 0.1) is 0 Å². The normalized spacial score (nSPS) is 16.7. The Morgan fingerprint density at radius 1 is 1.05 bits per heavy atom. The molecule has 0 amide bonds. The van der Waals surface area contributed by atoms with Gasteiger partial charge in [0.05, 0.1) is 7.59 Å². The van der Waals surface area contributed by atoms with Crippen LogP contribution in [0.2, 0.25) is 31.7 Å². The van der Waals surface area contributed by atoms with E-state index in [2.05, 4.69) is 72.0 Å². The molecular formula is C17H35NSSi2. The molecule has 0 unspecified atom stereocenters. The zero-order chi connectivity index (χ0) is 16.6. The second kappa shape index (κ2) is 6.67. The summed E-state index contributed by atoms with van der Waals surface area (Å²) < 4.78 is 0. The van der Waals surface area contributed by atoms with E-state index >= 15 is 0 Å². The minimum atomic E-state index is -1.40. The van der Waals surface area contributed by atoms with E-state index in [1.54, 1.807) is 21.4 Å². The first-order valence-electron chi connectivity index (χ1n) is 8.33. The average Bonchev–Trinajstić information content (AvgIpc) is 2.40. The highest BCUT2D eigenvalue weighted by Gasteiger charge is 2.50. The molecule has 1 rings (SSSR count). The fourth-order valence-electron chi connectivity index (χ4n) is 3.34. The van der Waals surface area contributed by atoms with Crippen LogP contribution in [0.5, 0.6) is 0 Å². The highest BCUT2D eigenvalue weighted by Crippen LogP contribution is 2.50. The van der Waals surface area contributed by atoms with Gasteiger partial charge in [-0.3, -0.25) is 0 Å². The number of rotatable bonds is 7. The first-order chi connectivity index (χ1) is 9.57. The van der Waals surface area contributed by atoms with Crippen LogP contribution in [0.3, 0.4) is 0 Å². The van der Waals surface area contributed by atoms with Gasteiger partial charge in [0.1, 0.15) is 0 Å². The third-order valence-corrected chi connectivity index (χ3v) is 27.2. The van der Waals surface area contributed by atoms with E-state index in [4.69, 9.17) is 0 Å². The first kappa shape index (κ1) is 19.1. The Bertz CT molecular complexity index is 457. The lowest BCUT2D eigenvalue weighted by atomic mass is 10.0. The van der Waals surface area contributed by atoms with Crippen molar-refractivity contribution in [3.05, 3.63) is 21.4 Å². The van der Waals surface area contributed by atoms with Crippen molar-refractivity contribution in [1.29, 1.82) is 0 Å². The van der Waals surface area contributed by atoms with Gasteiger partial charge in [0.25, 0.3) is 0 Å². The smallest absolute Gasteiger partial charge is 0.0783 e. The average molecular weight is 342 g/mol. The minimum absolute atomic E-state index is 0.855. The standard InChI is InChI=1S/C17H35NSSi2/c1-11-18(12-2)15-14(5)16(19-6)17(15)21(9,10)20(7,8)13(3)4/h13H,11-12H2,1-10H3. The van der Waals surface area contributed by atoms with E-state index in [0.29, 0.717) is 0 Å². The van der Waals surface area contributed by atoms with E-state index in [-0.39, 0.29) is 0 Å². The van der Waals surface area contributed by atoms with Crippen molar-refractivity contribution in [2.75, 3.05) is 19.3 Å². The van der Waals surface area contributed by atoms with E-state index in [9.17, 15) is 0 Å². The molecule has 0 bridgehead atoms. The minimum Gasteiger partial charge on any atom is -0.372 e. The Kier molecular flexibility index (Phi) is 6.07. The fraction of sp³-hybridized carbons (Fsp3) is 0.765. The zero-order valence-corrected chi connectivity index (χ0v) is 18.7. The lowest BCUT2D eigenvalue weighted by Gasteiger charge is -2.49. The van der Waals surface area contributed by atoms with Crippen molar-refractivity contribution in [2.24, 2.45) is 0 Å². The van der Waals surface area contributed by atoms with E-state index in [0.717, 1.165) is 18.6 Å². The van der Waals surface area contributed by atoms with E-state index in [1.807, 2.05) is 11.8 Å². The second-order valence-corrected chi connectivity index (χ2v) is 24.3. The number of likely N-dealkylation sites (N-methyl/N-ethyl adjacent to an activating group) is 1. The van der Waals surface area contributed by atoms with Crippen LogP contribution >= 0.6 is 11.8 Å². The van der Waals surface area contributed by atoms with Crippen molar-refractivity contribution in [3.8, 4) is 0 Å². The molecule has 0 aromatic rings. The van der Waals surface area contributed by atoms with E-state index < -0.39 is 15.2 Å². The fourth-order valence-corrected chi connectivity index (χ4v) is 16.2. The molecule has 122 valence electrons. The van der Waals surface area contributed by atoms with Gasteiger partial charge in [-0.1, -0.05) is 45.6 Å². The van der Waals surface area contributed by atoms with Crippen LogP contribution in [-0.4, -0.2) is 39.4 Å². The van der Waals surface area contributed by atoms with E-state index in [1.165, 1.54) is 0 Å². The van der Waals surface area contributed by atoms with Crippen LogP contribution in [-0.2, 0) is 0 Å². The molecule has 0 heterocycles. The molecule has 4 heteroatoms. The summed E-state index contributed by atoms with van der Waals surface area (Å²) in [5.74, 6) is 0. The van der Waals surface area contributed by atoms with Crippen molar-refractivity contribution in [3.63, 3.8) is 0 Å². The largest absolute Gasteiger partial charge is 0.372 e. The summed E-state index contributed by atoms with van der Waals surface area (Å²) in [5.41, 5.74) is 4.02. The molecule has 0 saturated carbocycles. The number of hydrogen-bond acceptors (Lipinski definition) is 2. The Morgan fingerprint density at radius 2 is 1.52 bits per heavy atom. The Morgan fingerprint density at radius 3 is 1.86 bits per heavy atom. The molecule has 1 nitrogen and oxygen atoms in total. The van der Waals surface area contributed by atoms with Gasteiger partial charge in [0.2, 0.25) is 0 Å². The molecule has 0 aromatic carbocycles.